The van der Waals surface area contributed by atoms with Crippen LogP contribution in [0.4, 0.5) is 5.69 Å². The standard InChI is InChI=1S/C13H21N3O/c1-11-10-16(6-3-7-17-11)13-9-15-5-4-12(13)8-14-2/h4-5,9,11,14H,3,6-8,10H2,1-2H3. The molecule has 1 aliphatic rings. The Kier molecular flexibility index (Phi) is 4.34. The lowest BCUT2D eigenvalue weighted by Gasteiger charge is -2.26. The summed E-state index contributed by atoms with van der Waals surface area (Å²) >= 11 is 0. The van der Waals surface area contributed by atoms with Crippen molar-refractivity contribution in [2.75, 3.05) is 31.6 Å². The Morgan fingerprint density at radius 3 is 3.29 bits per heavy atom. The van der Waals surface area contributed by atoms with Gasteiger partial charge in [-0.15, -0.1) is 0 Å². The van der Waals surface area contributed by atoms with Crippen LogP contribution in [0.3, 0.4) is 0 Å². The largest absolute Gasteiger partial charge is 0.377 e. The maximum absolute atomic E-state index is 5.68. The van der Waals surface area contributed by atoms with Crippen molar-refractivity contribution >= 4 is 5.69 Å². The summed E-state index contributed by atoms with van der Waals surface area (Å²) in [6.07, 6.45) is 5.19. The van der Waals surface area contributed by atoms with E-state index in [9.17, 15) is 0 Å². The van der Waals surface area contributed by atoms with Gasteiger partial charge in [-0.3, -0.25) is 4.98 Å². The van der Waals surface area contributed by atoms with Gasteiger partial charge in [0, 0.05) is 32.4 Å². The van der Waals surface area contributed by atoms with Crippen LogP contribution in [0.1, 0.15) is 18.9 Å². The van der Waals surface area contributed by atoms with E-state index < -0.39 is 0 Å². The smallest absolute Gasteiger partial charge is 0.0721 e. The monoisotopic (exact) mass is 235 g/mol. The Labute approximate surface area is 103 Å². The molecule has 1 N–H and O–H groups in total. The minimum absolute atomic E-state index is 0.292. The topological polar surface area (TPSA) is 37.4 Å². The highest BCUT2D eigenvalue weighted by atomic mass is 16.5. The SMILES string of the molecule is CNCc1ccncc1N1CCCOC(C)C1. The Hall–Kier alpha value is -1.13. The molecule has 2 heterocycles. The van der Waals surface area contributed by atoms with Gasteiger partial charge in [-0.2, -0.15) is 0 Å². The molecule has 1 saturated heterocycles. The fourth-order valence-corrected chi connectivity index (χ4v) is 2.25. The maximum Gasteiger partial charge on any atom is 0.0721 e. The van der Waals surface area contributed by atoms with Gasteiger partial charge in [-0.1, -0.05) is 0 Å². The first kappa shape index (κ1) is 12.3. The Balaban J connectivity index is 2.19. The molecule has 17 heavy (non-hydrogen) atoms. The molecule has 0 saturated carbocycles. The van der Waals surface area contributed by atoms with Gasteiger partial charge >= 0.3 is 0 Å². The van der Waals surface area contributed by atoms with Gasteiger partial charge in [0.1, 0.15) is 0 Å². The van der Waals surface area contributed by atoms with E-state index in [1.807, 2.05) is 19.4 Å². The summed E-state index contributed by atoms with van der Waals surface area (Å²) in [7, 11) is 1.97. The summed E-state index contributed by atoms with van der Waals surface area (Å²) in [6, 6.07) is 2.09. The molecule has 0 aliphatic carbocycles. The summed E-state index contributed by atoms with van der Waals surface area (Å²) < 4.78 is 5.68. The third-order valence-corrected chi connectivity index (χ3v) is 3.05. The van der Waals surface area contributed by atoms with Crippen molar-refractivity contribution in [3.63, 3.8) is 0 Å². The first-order valence-corrected chi connectivity index (χ1v) is 6.25. The first-order valence-electron chi connectivity index (χ1n) is 6.25. The highest BCUT2D eigenvalue weighted by Crippen LogP contribution is 2.21. The van der Waals surface area contributed by atoms with Crippen LogP contribution in [0.15, 0.2) is 18.5 Å². The van der Waals surface area contributed by atoms with Gasteiger partial charge in [0.2, 0.25) is 0 Å². The van der Waals surface area contributed by atoms with Crippen molar-refractivity contribution < 1.29 is 4.74 Å². The summed E-state index contributed by atoms with van der Waals surface area (Å²) in [4.78, 5) is 6.63. The second kappa shape index (κ2) is 5.98. The summed E-state index contributed by atoms with van der Waals surface area (Å²) in [6.45, 7) is 5.87. The molecule has 1 fully saturated rings. The summed E-state index contributed by atoms with van der Waals surface area (Å²) in [5.41, 5.74) is 2.54. The third kappa shape index (κ3) is 3.17. The van der Waals surface area contributed by atoms with Crippen LogP contribution in [-0.4, -0.2) is 37.8 Å². The predicted molar refractivity (Wildman–Crippen MR) is 69.2 cm³/mol. The highest BCUT2D eigenvalue weighted by Gasteiger charge is 2.17. The van der Waals surface area contributed by atoms with E-state index in [-0.39, 0.29) is 0 Å². The fourth-order valence-electron chi connectivity index (χ4n) is 2.25. The number of ether oxygens (including phenoxy) is 1. The number of hydrogen-bond acceptors (Lipinski definition) is 4. The Morgan fingerprint density at radius 2 is 2.47 bits per heavy atom. The van der Waals surface area contributed by atoms with Crippen molar-refractivity contribution in [3.05, 3.63) is 24.0 Å². The fraction of sp³-hybridized carbons (Fsp3) is 0.615. The van der Waals surface area contributed by atoms with Gasteiger partial charge in [-0.05, 0) is 32.0 Å². The highest BCUT2D eigenvalue weighted by molar-refractivity contribution is 5.51. The zero-order valence-electron chi connectivity index (χ0n) is 10.6. The molecule has 1 atom stereocenters. The Bertz CT molecular complexity index is 356. The number of nitrogens with one attached hydrogen (secondary N) is 1. The lowest BCUT2D eigenvalue weighted by molar-refractivity contribution is 0.0821. The average molecular weight is 235 g/mol. The van der Waals surface area contributed by atoms with Crippen LogP contribution in [0, 0.1) is 0 Å². The van der Waals surface area contributed by atoms with Crippen LogP contribution in [0.5, 0.6) is 0 Å². The molecule has 0 radical (unpaired) electrons. The number of pyridine rings is 1. The number of anilines is 1. The van der Waals surface area contributed by atoms with Gasteiger partial charge in [-0.25, -0.2) is 0 Å². The molecule has 1 unspecified atom stereocenters. The number of aromatic nitrogens is 1. The molecule has 4 heteroatoms. The van der Waals surface area contributed by atoms with Crippen LogP contribution in [0.25, 0.3) is 0 Å². The zero-order chi connectivity index (χ0) is 12.1. The van der Waals surface area contributed by atoms with E-state index >= 15 is 0 Å². The molecule has 0 bridgehead atoms. The van der Waals surface area contributed by atoms with Crippen LogP contribution in [0.2, 0.25) is 0 Å². The molecule has 0 amide bonds. The molecule has 4 nitrogen and oxygen atoms in total. The molecule has 1 aromatic heterocycles. The minimum atomic E-state index is 0.292. The van der Waals surface area contributed by atoms with Crippen LogP contribution in [-0.2, 0) is 11.3 Å². The maximum atomic E-state index is 5.68. The van der Waals surface area contributed by atoms with Gasteiger partial charge in [0.15, 0.2) is 0 Å². The first-order chi connectivity index (χ1) is 8.31. The van der Waals surface area contributed by atoms with Crippen LogP contribution >= 0.6 is 0 Å². The van der Waals surface area contributed by atoms with Crippen molar-refractivity contribution in [2.24, 2.45) is 0 Å². The van der Waals surface area contributed by atoms with Crippen molar-refractivity contribution in [3.8, 4) is 0 Å². The summed E-state index contributed by atoms with van der Waals surface area (Å²) in [5.74, 6) is 0. The molecule has 2 rings (SSSR count). The predicted octanol–water partition coefficient (Wildman–Crippen LogP) is 1.42. The molecule has 0 spiro atoms. The van der Waals surface area contributed by atoms with E-state index in [4.69, 9.17) is 4.74 Å². The number of nitrogens with zero attached hydrogens (tertiary/aromatic N) is 2. The molecule has 1 aliphatic heterocycles. The lowest BCUT2D eigenvalue weighted by Crippen LogP contribution is -2.31. The summed E-state index contributed by atoms with van der Waals surface area (Å²) in [5, 5.41) is 3.20. The van der Waals surface area contributed by atoms with Gasteiger partial charge in [0.05, 0.1) is 18.0 Å². The van der Waals surface area contributed by atoms with Crippen molar-refractivity contribution in [1.29, 1.82) is 0 Å². The van der Waals surface area contributed by atoms with E-state index in [1.165, 1.54) is 11.3 Å². The van der Waals surface area contributed by atoms with Crippen LogP contribution < -0.4 is 10.2 Å². The van der Waals surface area contributed by atoms with Gasteiger partial charge in [0.25, 0.3) is 0 Å². The van der Waals surface area contributed by atoms with E-state index in [0.717, 1.165) is 32.7 Å². The Morgan fingerprint density at radius 1 is 1.59 bits per heavy atom. The van der Waals surface area contributed by atoms with E-state index in [2.05, 4.69) is 28.2 Å². The number of rotatable bonds is 3. The van der Waals surface area contributed by atoms with Crippen molar-refractivity contribution in [2.45, 2.75) is 26.0 Å². The molecule has 94 valence electrons. The van der Waals surface area contributed by atoms with Crippen molar-refractivity contribution in [1.82, 2.24) is 10.3 Å². The lowest BCUT2D eigenvalue weighted by atomic mass is 10.2. The number of hydrogen-bond donors (Lipinski definition) is 1. The minimum Gasteiger partial charge on any atom is -0.377 e. The second-order valence-electron chi connectivity index (χ2n) is 4.52. The quantitative estimate of drug-likeness (QED) is 0.859. The van der Waals surface area contributed by atoms with E-state index in [0.29, 0.717) is 6.10 Å². The second-order valence-corrected chi connectivity index (χ2v) is 4.52. The zero-order valence-corrected chi connectivity index (χ0v) is 10.6. The average Bonchev–Trinajstić information content (AvgIpc) is 2.55. The third-order valence-electron chi connectivity index (χ3n) is 3.05. The molecule has 0 aromatic carbocycles. The molecular formula is C13H21N3O. The van der Waals surface area contributed by atoms with Gasteiger partial charge < -0.3 is 15.0 Å². The molecule has 1 aromatic rings. The van der Waals surface area contributed by atoms with E-state index in [1.54, 1.807) is 0 Å². The molecular weight excluding hydrogens is 214 g/mol. The normalized spacial score (nSPS) is 21.3.